The van der Waals surface area contributed by atoms with Crippen molar-refractivity contribution in [3.05, 3.63) is 78.1 Å². The molecule has 0 unspecified atom stereocenters. The van der Waals surface area contributed by atoms with Gasteiger partial charge in [-0.05, 0) is 37.5 Å². The summed E-state index contributed by atoms with van der Waals surface area (Å²) in [5.41, 5.74) is 3.48. The largest absolute Gasteiger partial charge is 0.378 e. The Morgan fingerprint density at radius 3 is 2.74 bits per heavy atom. The number of imidazole rings is 1. The maximum absolute atomic E-state index is 4.46. The third kappa shape index (κ3) is 4.42. The van der Waals surface area contributed by atoms with E-state index in [0.717, 1.165) is 43.1 Å². The highest BCUT2D eigenvalue weighted by Crippen LogP contribution is 2.10. The zero-order chi connectivity index (χ0) is 15.9. The van der Waals surface area contributed by atoms with Crippen molar-refractivity contribution in [2.75, 3.05) is 5.32 Å². The number of hydrogen-bond acceptors (Lipinski definition) is 3. The molecule has 0 aliphatic rings. The number of rotatable bonds is 7. The lowest BCUT2D eigenvalue weighted by molar-refractivity contribution is 0.615. The molecule has 0 amide bonds. The first-order valence-electron chi connectivity index (χ1n) is 8.02. The maximum Gasteiger partial charge on any atom is 0.128 e. The van der Waals surface area contributed by atoms with Crippen LogP contribution in [0.5, 0.6) is 0 Å². The van der Waals surface area contributed by atoms with Gasteiger partial charge in [0.1, 0.15) is 5.82 Å². The number of pyridine rings is 1. The molecule has 0 aliphatic heterocycles. The van der Waals surface area contributed by atoms with E-state index in [0.29, 0.717) is 0 Å². The summed E-state index contributed by atoms with van der Waals surface area (Å²) < 4.78 is 2.23. The Labute approximate surface area is 137 Å². The summed E-state index contributed by atoms with van der Waals surface area (Å²) >= 11 is 0. The van der Waals surface area contributed by atoms with Crippen molar-refractivity contribution in [1.82, 2.24) is 14.5 Å². The van der Waals surface area contributed by atoms with Gasteiger partial charge < -0.3 is 9.88 Å². The van der Waals surface area contributed by atoms with Gasteiger partial charge in [0.25, 0.3) is 0 Å². The fraction of sp³-hybridized carbons (Fsp3) is 0.263. The lowest BCUT2D eigenvalue weighted by Gasteiger charge is -2.10. The minimum atomic E-state index is 0.724. The smallest absolute Gasteiger partial charge is 0.128 e. The second-order valence-corrected chi connectivity index (χ2v) is 5.67. The van der Waals surface area contributed by atoms with E-state index in [-0.39, 0.29) is 0 Å². The number of nitrogens with zero attached hydrogens (tertiary/aromatic N) is 3. The van der Waals surface area contributed by atoms with Crippen molar-refractivity contribution in [3.8, 4) is 0 Å². The van der Waals surface area contributed by atoms with Crippen molar-refractivity contribution in [2.24, 2.45) is 0 Å². The van der Waals surface area contributed by atoms with Crippen LogP contribution in [0.15, 0.2) is 61.1 Å². The first kappa shape index (κ1) is 15.3. The van der Waals surface area contributed by atoms with Crippen LogP contribution in [0.4, 0.5) is 5.69 Å². The molecule has 0 aliphatic carbocycles. The fourth-order valence-electron chi connectivity index (χ4n) is 2.65. The van der Waals surface area contributed by atoms with E-state index in [4.69, 9.17) is 0 Å². The van der Waals surface area contributed by atoms with Crippen LogP contribution in [0.25, 0.3) is 0 Å². The summed E-state index contributed by atoms with van der Waals surface area (Å²) in [6.07, 6.45) is 7.96. The van der Waals surface area contributed by atoms with E-state index in [1.165, 1.54) is 5.56 Å². The molecule has 4 heteroatoms. The summed E-state index contributed by atoms with van der Waals surface area (Å²) in [4.78, 5) is 8.68. The van der Waals surface area contributed by atoms with Gasteiger partial charge in [-0.25, -0.2) is 4.98 Å². The van der Waals surface area contributed by atoms with E-state index in [2.05, 4.69) is 56.4 Å². The second kappa shape index (κ2) is 7.58. The van der Waals surface area contributed by atoms with E-state index in [1.807, 2.05) is 31.5 Å². The zero-order valence-electron chi connectivity index (χ0n) is 13.4. The van der Waals surface area contributed by atoms with Crippen molar-refractivity contribution in [1.29, 1.82) is 0 Å². The van der Waals surface area contributed by atoms with Crippen molar-refractivity contribution in [2.45, 2.75) is 32.9 Å². The van der Waals surface area contributed by atoms with Crippen LogP contribution in [-0.4, -0.2) is 14.5 Å². The van der Waals surface area contributed by atoms with Crippen LogP contribution in [0.3, 0.4) is 0 Å². The topological polar surface area (TPSA) is 42.7 Å². The van der Waals surface area contributed by atoms with Gasteiger partial charge in [-0.2, -0.15) is 0 Å². The van der Waals surface area contributed by atoms with Gasteiger partial charge in [-0.1, -0.05) is 30.3 Å². The monoisotopic (exact) mass is 306 g/mol. The highest BCUT2D eigenvalue weighted by atomic mass is 15.1. The summed E-state index contributed by atoms with van der Waals surface area (Å²) in [7, 11) is 0. The predicted octanol–water partition coefficient (Wildman–Crippen LogP) is 3.83. The van der Waals surface area contributed by atoms with Crippen LogP contribution >= 0.6 is 0 Å². The lowest BCUT2D eigenvalue weighted by Crippen LogP contribution is -2.09. The van der Waals surface area contributed by atoms with Crippen LogP contribution in [0.2, 0.25) is 0 Å². The molecule has 2 heterocycles. The molecule has 1 aromatic carbocycles. The molecule has 3 rings (SSSR count). The number of hydrogen-bond donors (Lipinski definition) is 1. The average molecular weight is 306 g/mol. The van der Waals surface area contributed by atoms with Crippen molar-refractivity contribution >= 4 is 5.69 Å². The Kier molecular flexibility index (Phi) is 5.04. The summed E-state index contributed by atoms with van der Waals surface area (Å²) in [6.45, 7) is 3.71. The number of aromatic nitrogens is 3. The van der Waals surface area contributed by atoms with Gasteiger partial charge in [0, 0.05) is 36.5 Å². The van der Waals surface area contributed by atoms with Crippen LogP contribution < -0.4 is 5.32 Å². The summed E-state index contributed by atoms with van der Waals surface area (Å²) in [5.74, 6) is 1.06. The Bertz CT molecular complexity index is 734. The molecule has 1 N–H and O–H groups in total. The standard InChI is InChI=1S/C19H22N4/c1-16-14-18(9-10-20-16)22-15-19-21-11-13-23(19)12-5-8-17-6-3-2-4-7-17/h2-4,6-7,9-11,13-14H,5,8,12,15H2,1H3,(H,20,22). The molecule has 0 fully saturated rings. The first-order chi connectivity index (χ1) is 11.3. The number of anilines is 1. The summed E-state index contributed by atoms with van der Waals surface area (Å²) in [5, 5.41) is 3.41. The molecule has 0 atom stereocenters. The minimum Gasteiger partial charge on any atom is -0.378 e. The highest BCUT2D eigenvalue weighted by molar-refractivity contribution is 5.42. The second-order valence-electron chi connectivity index (χ2n) is 5.67. The molecule has 0 saturated heterocycles. The fourth-order valence-corrected chi connectivity index (χ4v) is 2.65. The summed E-state index contributed by atoms with van der Waals surface area (Å²) in [6, 6.07) is 14.6. The van der Waals surface area contributed by atoms with Gasteiger partial charge in [0.15, 0.2) is 0 Å². The third-order valence-electron chi connectivity index (χ3n) is 3.86. The quantitative estimate of drug-likeness (QED) is 0.721. The number of benzene rings is 1. The number of aryl methyl sites for hydroxylation is 3. The molecule has 0 bridgehead atoms. The van der Waals surface area contributed by atoms with Crippen LogP contribution in [0, 0.1) is 6.92 Å². The van der Waals surface area contributed by atoms with E-state index in [1.54, 1.807) is 0 Å². The average Bonchev–Trinajstić information content (AvgIpc) is 3.01. The highest BCUT2D eigenvalue weighted by Gasteiger charge is 2.03. The SMILES string of the molecule is Cc1cc(NCc2nccn2CCCc2ccccc2)ccn1. The van der Waals surface area contributed by atoms with Gasteiger partial charge in [-0.3, -0.25) is 4.98 Å². The molecule has 0 radical (unpaired) electrons. The zero-order valence-corrected chi connectivity index (χ0v) is 13.4. The Hall–Kier alpha value is -2.62. The Morgan fingerprint density at radius 2 is 1.91 bits per heavy atom. The predicted molar refractivity (Wildman–Crippen MR) is 93.3 cm³/mol. The normalized spacial score (nSPS) is 10.7. The number of nitrogens with one attached hydrogen (secondary N) is 1. The lowest BCUT2D eigenvalue weighted by atomic mass is 10.1. The molecule has 0 spiro atoms. The van der Waals surface area contributed by atoms with E-state index in [9.17, 15) is 0 Å². The Morgan fingerprint density at radius 1 is 1.04 bits per heavy atom. The van der Waals surface area contributed by atoms with E-state index < -0.39 is 0 Å². The van der Waals surface area contributed by atoms with Gasteiger partial charge in [0.05, 0.1) is 6.54 Å². The van der Waals surface area contributed by atoms with Gasteiger partial charge in [0.2, 0.25) is 0 Å². The van der Waals surface area contributed by atoms with Crippen molar-refractivity contribution in [3.63, 3.8) is 0 Å². The molecule has 23 heavy (non-hydrogen) atoms. The minimum absolute atomic E-state index is 0.724. The Balaban J connectivity index is 1.53. The maximum atomic E-state index is 4.46. The molecule has 3 aromatic rings. The molecular formula is C19H22N4. The molecule has 4 nitrogen and oxygen atoms in total. The molecule has 118 valence electrons. The van der Waals surface area contributed by atoms with Gasteiger partial charge in [-0.15, -0.1) is 0 Å². The van der Waals surface area contributed by atoms with Crippen LogP contribution in [0.1, 0.15) is 23.5 Å². The first-order valence-corrected chi connectivity index (χ1v) is 8.02. The molecule has 0 saturated carbocycles. The van der Waals surface area contributed by atoms with E-state index >= 15 is 0 Å². The molecule has 2 aromatic heterocycles. The molecular weight excluding hydrogens is 284 g/mol. The van der Waals surface area contributed by atoms with Crippen LogP contribution in [-0.2, 0) is 19.5 Å². The van der Waals surface area contributed by atoms with Gasteiger partial charge >= 0.3 is 0 Å². The van der Waals surface area contributed by atoms with Crippen molar-refractivity contribution < 1.29 is 0 Å². The third-order valence-corrected chi connectivity index (χ3v) is 3.86.